The number of amides is 1. The van der Waals surface area contributed by atoms with Crippen LogP contribution in [0.15, 0.2) is 16.9 Å². The third kappa shape index (κ3) is 2.81. The maximum atomic E-state index is 12.7. The van der Waals surface area contributed by atoms with Gasteiger partial charge >= 0.3 is 0 Å². The van der Waals surface area contributed by atoms with E-state index in [1.165, 1.54) is 0 Å². The highest BCUT2D eigenvalue weighted by Crippen LogP contribution is 2.24. The number of hydrogen-bond acceptors (Lipinski definition) is 3. The Balaban J connectivity index is 1.83. The van der Waals surface area contributed by atoms with E-state index in [0.29, 0.717) is 13.1 Å². The second-order valence-corrected chi connectivity index (χ2v) is 6.40. The van der Waals surface area contributed by atoms with Crippen LogP contribution < -0.4 is 5.56 Å². The van der Waals surface area contributed by atoms with E-state index in [2.05, 4.69) is 10.1 Å². The van der Waals surface area contributed by atoms with Crippen LogP contribution in [0.4, 0.5) is 0 Å². The third-order valence-corrected chi connectivity index (χ3v) is 4.42. The molecule has 1 aliphatic heterocycles. The molecule has 3 rings (SSSR count). The Morgan fingerprint density at radius 3 is 2.61 bits per heavy atom. The number of likely N-dealkylation sites (tertiary alicyclic amines) is 1. The molecule has 0 spiro atoms. The summed E-state index contributed by atoms with van der Waals surface area (Å²) < 4.78 is 1.99. The minimum absolute atomic E-state index is 0.178. The summed E-state index contributed by atoms with van der Waals surface area (Å²) in [5.74, 6) is -0.187. The van der Waals surface area contributed by atoms with E-state index < -0.39 is 0 Å². The Labute approximate surface area is 135 Å². The van der Waals surface area contributed by atoms with Crippen LogP contribution >= 0.6 is 0 Å². The number of pyridine rings is 1. The van der Waals surface area contributed by atoms with Gasteiger partial charge in [-0.2, -0.15) is 5.10 Å². The second kappa shape index (κ2) is 5.68. The number of aromatic amines is 1. The van der Waals surface area contributed by atoms with Crippen molar-refractivity contribution >= 4 is 5.91 Å². The molecule has 1 aliphatic rings. The highest BCUT2D eigenvalue weighted by atomic mass is 16.2. The number of rotatable bonds is 2. The van der Waals surface area contributed by atoms with Crippen LogP contribution in [0.3, 0.4) is 0 Å². The van der Waals surface area contributed by atoms with Crippen LogP contribution in [0.25, 0.3) is 0 Å². The second-order valence-electron chi connectivity index (χ2n) is 6.40. The van der Waals surface area contributed by atoms with Crippen molar-refractivity contribution in [2.75, 3.05) is 13.1 Å². The van der Waals surface area contributed by atoms with Gasteiger partial charge in [0.15, 0.2) is 0 Å². The van der Waals surface area contributed by atoms with Gasteiger partial charge in [-0.05, 0) is 51.8 Å². The highest BCUT2D eigenvalue weighted by molar-refractivity contribution is 5.95. The predicted octanol–water partition coefficient (Wildman–Crippen LogP) is 1.89. The van der Waals surface area contributed by atoms with E-state index >= 15 is 0 Å². The Morgan fingerprint density at radius 2 is 2.00 bits per heavy atom. The van der Waals surface area contributed by atoms with E-state index in [4.69, 9.17) is 0 Å². The fourth-order valence-corrected chi connectivity index (χ4v) is 3.42. The van der Waals surface area contributed by atoms with Gasteiger partial charge in [-0.15, -0.1) is 0 Å². The molecule has 1 N–H and O–H groups in total. The Bertz CT molecular complexity index is 818. The predicted molar refractivity (Wildman–Crippen MR) is 87.8 cm³/mol. The number of carbonyl (C=O) groups is 1. The Hall–Kier alpha value is -2.37. The van der Waals surface area contributed by atoms with Gasteiger partial charge in [0.05, 0.1) is 11.7 Å². The fourth-order valence-electron chi connectivity index (χ4n) is 3.42. The molecule has 1 amide bonds. The van der Waals surface area contributed by atoms with E-state index in [1.807, 2.05) is 44.5 Å². The average Bonchev–Trinajstić information content (AvgIpc) is 3.03. The standard InChI is InChI=1S/C17H22N4O2/c1-10-7-11(2)18-16(22)15(10)17(23)20-6-5-14(9-20)21-13(4)8-12(3)19-21/h7-8,14H,5-6,9H2,1-4H3,(H,18,22)/t14-/m0/s1. The monoisotopic (exact) mass is 314 g/mol. The van der Waals surface area contributed by atoms with Crippen molar-refractivity contribution in [3.8, 4) is 0 Å². The molecular formula is C17H22N4O2. The molecule has 2 aromatic rings. The van der Waals surface area contributed by atoms with Crippen LogP contribution in [0.1, 0.15) is 45.5 Å². The maximum Gasteiger partial charge on any atom is 0.261 e. The van der Waals surface area contributed by atoms with Gasteiger partial charge in [0.2, 0.25) is 0 Å². The first-order valence-corrected chi connectivity index (χ1v) is 7.89. The molecule has 6 heteroatoms. The molecule has 0 radical (unpaired) electrons. The normalized spacial score (nSPS) is 17.7. The summed E-state index contributed by atoms with van der Waals surface area (Å²) in [4.78, 5) is 29.4. The maximum absolute atomic E-state index is 12.7. The smallest absolute Gasteiger partial charge is 0.261 e. The van der Waals surface area contributed by atoms with Crippen molar-refractivity contribution in [1.82, 2.24) is 19.7 Å². The summed E-state index contributed by atoms with van der Waals surface area (Å²) in [6.45, 7) is 8.86. The van der Waals surface area contributed by atoms with Crippen LogP contribution in [0.2, 0.25) is 0 Å². The molecule has 0 unspecified atom stereocenters. The van der Waals surface area contributed by atoms with Crippen molar-refractivity contribution in [2.45, 2.75) is 40.2 Å². The van der Waals surface area contributed by atoms with Gasteiger partial charge in [-0.1, -0.05) is 0 Å². The van der Waals surface area contributed by atoms with E-state index in [9.17, 15) is 9.59 Å². The first-order valence-electron chi connectivity index (χ1n) is 7.89. The summed E-state index contributed by atoms with van der Waals surface area (Å²) >= 11 is 0. The van der Waals surface area contributed by atoms with Gasteiger partial charge in [0.1, 0.15) is 5.56 Å². The largest absolute Gasteiger partial charge is 0.336 e. The number of carbonyl (C=O) groups excluding carboxylic acids is 1. The molecule has 2 aromatic heterocycles. The van der Waals surface area contributed by atoms with Gasteiger partial charge in [-0.25, -0.2) is 0 Å². The summed E-state index contributed by atoms with van der Waals surface area (Å²) in [5, 5.41) is 4.52. The lowest BCUT2D eigenvalue weighted by Gasteiger charge is -2.18. The number of aryl methyl sites for hydroxylation is 4. The number of aromatic nitrogens is 3. The zero-order valence-corrected chi connectivity index (χ0v) is 14.0. The number of nitrogens with zero attached hydrogens (tertiary/aromatic N) is 3. The Kier molecular flexibility index (Phi) is 3.83. The van der Waals surface area contributed by atoms with Crippen molar-refractivity contribution in [3.05, 3.63) is 50.7 Å². The molecule has 1 atom stereocenters. The van der Waals surface area contributed by atoms with Gasteiger partial charge < -0.3 is 9.88 Å². The highest BCUT2D eigenvalue weighted by Gasteiger charge is 2.31. The lowest BCUT2D eigenvalue weighted by atomic mass is 10.1. The molecule has 0 aromatic carbocycles. The van der Waals surface area contributed by atoms with E-state index in [0.717, 1.165) is 29.1 Å². The lowest BCUT2D eigenvalue weighted by molar-refractivity contribution is 0.0784. The van der Waals surface area contributed by atoms with E-state index in [1.54, 1.807) is 4.90 Å². The SMILES string of the molecule is Cc1cc(C)n([C@H]2CCN(C(=O)c3c(C)cc(C)[nH]c3=O)C2)n1. The van der Waals surface area contributed by atoms with Crippen molar-refractivity contribution in [1.29, 1.82) is 0 Å². The number of nitrogens with one attached hydrogen (secondary N) is 1. The first-order chi connectivity index (χ1) is 10.9. The summed E-state index contributed by atoms with van der Waals surface area (Å²) in [7, 11) is 0. The van der Waals surface area contributed by atoms with Crippen molar-refractivity contribution in [2.24, 2.45) is 0 Å². The topological polar surface area (TPSA) is 71.0 Å². The van der Waals surface area contributed by atoms with Gasteiger partial charge in [-0.3, -0.25) is 14.3 Å². The molecule has 1 fully saturated rings. The van der Waals surface area contributed by atoms with Crippen LogP contribution in [0, 0.1) is 27.7 Å². The minimum atomic E-state index is -0.304. The molecular weight excluding hydrogens is 292 g/mol. The molecule has 0 bridgehead atoms. The van der Waals surface area contributed by atoms with Gasteiger partial charge in [0.25, 0.3) is 11.5 Å². The zero-order valence-electron chi connectivity index (χ0n) is 14.0. The van der Waals surface area contributed by atoms with Crippen LogP contribution in [0.5, 0.6) is 0 Å². The first kappa shape index (κ1) is 15.5. The molecule has 23 heavy (non-hydrogen) atoms. The minimum Gasteiger partial charge on any atom is -0.336 e. The number of H-pyrrole nitrogens is 1. The fraction of sp³-hybridized carbons (Fsp3) is 0.471. The van der Waals surface area contributed by atoms with E-state index in [-0.39, 0.29) is 23.1 Å². The number of hydrogen-bond donors (Lipinski definition) is 1. The van der Waals surface area contributed by atoms with Crippen molar-refractivity contribution in [3.63, 3.8) is 0 Å². The zero-order chi connectivity index (χ0) is 16.7. The summed E-state index contributed by atoms with van der Waals surface area (Å²) in [5.41, 5.74) is 3.53. The Morgan fingerprint density at radius 1 is 1.26 bits per heavy atom. The lowest BCUT2D eigenvalue weighted by Crippen LogP contribution is -2.34. The molecule has 0 aliphatic carbocycles. The summed E-state index contributed by atoms with van der Waals surface area (Å²) in [6, 6.07) is 4.06. The van der Waals surface area contributed by atoms with Crippen LogP contribution in [-0.2, 0) is 0 Å². The molecule has 3 heterocycles. The third-order valence-electron chi connectivity index (χ3n) is 4.42. The quantitative estimate of drug-likeness (QED) is 0.920. The average molecular weight is 314 g/mol. The molecule has 0 saturated carbocycles. The molecule has 122 valence electrons. The van der Waals surface area contributed by atoms with Gasteiger partial charge in [0, 0.05) is 24.5 Å². The summed E-state index contributed by atoms with van der Waals surface area (Å²) in [6.07, 6.45) is 0.858. The van der Waals surface area contributed by atoms with Crippen LogP contribution in [-0.4, -0.2) is 38.7 Å². The molecule has 6 nitrogen and oxygen atoms in total. The molecule has 1 saturated heterocycles. The van der Waals surface area contributed by atoms with Crippen molar-refractivity contribution < 1.29 is 4.79 Å².